The lowest BCUT2D eigenvalue weighted by atomic mass is 9.78. The Morgan fingerprint density at radius 3 is 2.26 bits per heavy atom. The molecule has 178 valence electrons. The molecule has 1 unspecified atom stereocenters. The molecule has 0 N–H and O–H groups in total. The molecule has 3 aromatic rings. The zero-order valence-electron chi connectivity index (χ0n) is 20.0. The van der Waals surface area contributed by atoms with Crippen molar-refractivity contribution in [3.05, 3.63) is 90.2 Å². The highest BCUT2D eigenvalue weighted by Gasteiger charge is 2.36. The lowest BCUT2D eigenvalue weighted by Gasteiger charge is -2.37. The van der Waals surface area contributed by atoms with E-state index in [0.29, 0.717) is 6.42 Å². The minimum absolute atomic E-state index is 0.276. The molecule has 0 spiro atoms. The van der Waals surface area contributed by atoms with Gasteiger partial charge in [0.1, 0.15) is 5.82 Å². The van der Waals surface area contributed by atoms with E-state index in [4.69, 9.17) is 4.74 Å². The topological polar surface area (TPSA) is 32.8 Å². The Balaban J connectivity index is 1.32. The predicted molar refractivity (Wildman–Crippen MR) is 136 cm³/mol. The first kappa shape index (κ1) is 24.0. The van der Waals surface area contributed by atoms with Crippen LogP contribution in [0, 0.1) is 5.82 Å². The quantitative estimate of drug-likeness (QED) is 0.414. The number of ether oxygens (including phenoxy) is 1. The number of esters is 1. The van der Waals surface area contributed by atoms with Crippen molar-refractivity contribution in [2.45, 2.75) is 25.2 Å². The molecule has 1 aliphatic rings. The van der Waals surface area contributed by atoms with Crippen LogP contribution in [0.1, 0.15) is 25.3 Å². The largest absolute Gasteiger partial charge is 0.468 e. The van der Waals surface area contributed by atoms with Gasteiger partial charge in [-0.15, -0.1) is 0 Å². The molecule has 1 saturated heterocycles. The molecule has 4 rings (SSSR count). The van der Waals surface area contributed by atoms with Gasteiger partial charge in [-0.05, 0) is 67.3 Å². The molecule has 1 heterocycles. The van der Waals surface area contributed by atoms with Gasteiger partial charge in [0.05, 0.1) is 12.5 Å². The summed E-state index contributed by atoms with van der Waals surface area (Å²) >= 11 is 0. The van der Waals surface area contributed by atoms with Gasteiger partial charge in [0, 0.05) is 31.9 Å². The van der Waals surface area contributed by atoms with Gasteiger partial charge < -0.3 is 9.64 Å². The maximum Gasteiger partial charge on any atom is 0.315 e. The molecule has 0 amide bonds. The van der Waals surface area contributed by atoms with E-state index in [1.807, 2.05) is 13.0 Å². The number of methoxy groups -OCH3 is 1. The minimum Gasteiger partial charge on any atom is -0.468 e. The molecule has 0 aliphatic carbocycles. The lowest BCUT2D eigenvalue weighted by Crippen LogP contribution is -2.47. The summed E-state index contributed by atoms with van der Waals surface area (Å²) in [5.41, 5.74) is 3.75. The fraction of sp³-hybridized carbons (Fsp3) is 0.345. The predicted octanol–water partition coefficient (Wildman–Crippen LogP) is 5.53. The van der Waals surface area contributed by atoms with Crippen LogP contribution in [0.4, 0.5) is 10.1 Å². The molecular weight excluding hydrogens is 427 g/mol. The molecule has 4 nitrogen and oxygen atoms in total. The number of halogens is 1. The van der Waals surface area contributed by atoms with Crippen molar-refractivity contribution >= 4 is 11.7 Å². The number of rotatable bonds is 8. The summed E-state index contributed by atoms with van der Waals surface area (Å²) in [6.45, 7) is 6.74. The van der Waals surface area contributed by atoms with Crippen molar-refractivity contribution in [1.29, 1.82) is 0 Å². The van der Waals surface area contributed by atoms with E-state index in [2.05, 4.69) is 58.3 Å². The number of carbonyl (C=O) groups excluding carboxylic acids is 1. The van der Waals surface area contributed by atoms with Crippen molar-refractivity contribution in [1.82, 2.24) is 4.90 Å². The monoisotopic (exact) mass is 460 g/mol. The Hall–Kier alpha value is -3.18. The lowest BCUT2D eigenvalue weighted by molar-refractivity contribution is -0.147. The number of hydrogen-bond donors (Lipinski definition) is 0. The van der Waals surface area contributed by atoms with Crippen molar-refractivity contribution in [3.8, 4) is 11.1 Å². The van der Waals surface area contributed by atoms with E-state index < -0.39 is 5.41 Å². The molecule has 1 aliphatic heterocycles. The van der Waals surface area contributed by atoms with E-state index >= 15 is 0 Å². The molecule has 1 atom stereocenters. The van der Waals surface area contributed by atoms with Crippen LogP contribution < -0.4 is 4.90 Å². The summed E-state index contributed by atoms with van der Waals surface area (Å²) < 4.78 is 18.5. The zero-order valence-corrected chi connectivity index (χ0v) is 20.0. The number of benzene rings is 3. The van der Waals surface area contributed by atoms with E-state index in [1.165, 1.54) is 36.1 Å². The van der Waals surface area contributed by atoms with Crippen LogP contribution in [0.5, 0.6) is 0 Å². The van der Waals surface area contributed by atoms with Crippen LogP contribution >= 0.6 is 0 Å². The van der Waals surface area contributed by atoms with Crippen LogP contribution in [0.25, 0.3) is 11.1 Å². The molecule has 34 heavy (non-hydrogen) atoms. The molecule has 1 fully saturated rings. The molecular formula is C29H33FN2O2. The summed E-state index contributed by atoms with van der Waals surface area (Å²) in [4.78, 5) is 17.5. The normalized spacial score (nSPS) is 16.1. The van der Waals surface area contributed by atoms with Crippen LogP contribution in [0.3, 0.4) is 0 Å². The fourth-order valence-electron chi connectivity index (χ4n) is 4.81. The zero-order chi connectivity index (χ0) is 24.0. The summed E-state index contributed by atoms with van der Waals surface area (Å²) in [5, 5.41) is 0. The number of carbonyl (C=O) groups is 1. The first-order valence-corrected chi connectivity index (χ1v) is 12.0. The highest BCUT2D eigenvalue weighted by atomic mass is 19.1. The molecule has 0 aromatic heterocycles. The Morgan fingerprint density at radius 1 is 0.912 bits per heavy atom. The van der Waals surface area contributed by atoms with Gasteiger partial charge in [0.2, 0.25) is 0 Å². The molecule has 0 saturated carbocycles. The van der Waals surface area contributed by atoms with Crippen molar-refractivity contribution in [2.75, 3.05) is 44.7 Å². The molecule has 5 heteroatoms. The fourth-order valence-corrected chi connectivity index (χ4v) is 4.81. The van der Waals surface area contributed by atoms with Gasteiger partial charge >= 0.3 is 5.97 Å². The number of hydrogen-bond acceptors (Lipinski definition) is 4. The molecule has 0 bridgehead atoms. The van der Waals surface area contributed by atoms with E-state index in [1.54, 1.807) is 12.1 Å². The first-order valence-electron chi connectivity index (χ1n) is 12.0. The summed E-state index contributed by atoms with van der Waals surface area (Å²) in [6.07, 6.45) is 1.52. The molecule has 0 radical (unpaired) electrons. The van der Waals surface area contributed by atoms with Gasteiger partial charge in [-0.3, -0.25) is 9.69 Å². The SMILES string of the molecule is COC(=O)C(C)(CCCN1CCN(c2cccc(-c3ccccc3)c2)CC1)c1ccc(F)cc1. The number of anilines is 1. The van der Waals surface area contributed by atoms with Gasteiger partial charge in [0.25, 0.3) is 0 Å². The standard InChI is InChI=1S/C29H33FN2O2/c1-29(28(33)34-2,25-12-14-26(30)15-13-25)16-7-17-31-18-20-32(21-19-31)27-11-6-10-24(22-27)23-8-4-3-5-9-23/h3-6,8-15,22H,7,16-21H2,1-2H3. The third-order valence-corrected chi connectivity index (χ3v) is 6.96. The summed E-state index contributed by atoms with van der Waals surface area (Å²) in [7, 11) is 1.41. The second kappa shape index (κ2) is 10.8. The van der Waals surface area contributed by atoms with Gasteiger partial charge in [-0.2, -0.15) is 0 Å². The minimum atomic E-state index is -0.776. The summed E-state index contributed by atoms with van der Waals surface area (Å²) in [5.74, 6) is -0.578. The third kappa shape index (κ3) is 5.48. The van der Waals surface area contributed by atoms with Crippen LogP contribution in [0.2, 0.25) is 0 Å². The second-order valence-corrected chi connectivity index (χ2v) is 9.18. The Labute approximate surface area is 202 Å². The first-order chi connectivity index (χ1) is 16.5. The van der Waals surface area contributed by atoms with Gasteiger partial charge in [-0.1, -0.05) is 54.6 Å². The Morgan fingerprint density at radius 2 is 1.59 bits per heavy atom. The van der Waals surface area contributed by atoms with Crippen LogP contribution in [-0.4, -0.2) is 50.7 Å². The van der Waals surface area contributed by atoms with Crippen LogP contribution in [-0.2, 0) is 14.9 Å². The maximum absolute atomic E-state index is 13.4. The third-order valence-electron chi connectivity index (χ3n) is 6.96. The van der Waals surface area contributed by atoms with Crippen LogP contribution in [0.15, 0.2) is 78.9 Å². The number of nitrogens with zero attached hydrogens (tertiary/aromatic N) is 2. The second-order valence-electron chi connectivity index (χ2n) is 9.18. The van der Waals surface area contributed by atoms with Gasteiger partial charge in [0.15, 0.2) is 0 Å². The van der Waals surface area contributed by atoms with E-state index in [9.17, 15) is 9.18 Å². The van der Waals surface area contributed by atoms with E-state index in [-0.39, 0.29) is 11.8 Å². The van der Waals surface area contributed by atoms with Crippen molar-refractivity contribution < 1.29 is 13.9 Å². The van der Waals surface area contributed by atoms with E-state index in [0.717, 1.165) is 44.7 Å². The average Bonchev–Trinajstić information content (AvgIpc) is 2.89. The smallest absolute Gasteiger partial charge is 0.315 e. The average molecular weight is 461 g/mol. The number of piperazine rings is 1. The van der Waals surface area contributed by atoms with Gasteiger partial charge in [-0.25, -0.2) is 4.39 Å². The van der Waals surface area contributed by atoms with Crippen molar-refractivity contribution in [2.24, 2.45) is 0 Å². The molecule has 3 aromatic carbocycles. The highest BCUT2D eigenvalue weighted by molar-refractivity contribution is 5.82. The Kier molecular flexibility index (Phi) is 7.63. The maximum atomic E-state index is 13.4. The summed E-state index contributed by atoms with van der Waals surface area (Å²) in [6, 6.07) is 25.4. The Bertz CT molecular complexity index is 1080. The highest BCUT2D eigenvalue weighted by Crippen LogP contribution is 2.31. The van der Waals surface area contributed by atoms with Crippen molar-refractivity contribution in [3.63, 3.8) is 0 Å².